The van der Waals surface area contributed by atoms with Crippen molar-refractivity contribution in [2.24, 2.45) is 5.84 Å². The zero-order valence-corrected chi connectivity index (χ0v) is 11.9. The molecule has 8 nitrogen and oxygen atoms in total. The number of aryl methyl sites for hydroxylation is 2. The number of hydrogen-bond donors (Lipinski definition) is 2. The van der Waals surface area contributed by atoms with Gasteiger partial charge >= 0.3 is 6.01 Å². The van der Waals surface area contributed by atoms with Gasteiger partial charge in [0.05, 0.1) is 12.3 Å². The average molecular weight is 277 g/mol. The van der Waals surface area contributed by atoms with Crippen LogP contribution in [0, 0.1) is 0 Å². The Labute approximate surface area is 117 Å². The van der Waals surface area contributed by atoms with Gasteiger partial charge in [-0.3, -0.25) is 5.43 Å². The lowest BCUT2D eigenvalue weighted by Crippen LogP contribution is -2.16. The number of anilines is 1. The second-order valence-corrected chi connectivity index (χ2v) is 4.06. The van der Waals surface area contributed by atoms with Gasteiger partial charge in [-0.2, -0.15) is 20.1 Å². The minimum atomic E-state index is 0.223. The van der Waals surface area contributed by atoms with E-state index in [4.69, 9.17) is 10.6 Å². The Morgan fingerprint density at radius 1 is 1.20 bits per heavy atom. The summed E-state index contributed by atoms with van der Waals surface area (Å²) in [6.07, 6.45) is 1.68. The zero-order valence-electron chi connectivity index (χ0n) is 11.9. The highest BCUT2D eigenvalue weighted by molar-refractivity contribution is 5.30. The summed E-state index contributed by atoms with van der Waals surface area (Å²) in [5, 5.41) is 4.49. The van der Waals surface area contributed by atoms with E-state index in [1.165, 1.54) is 0 Å². The van der Waals surface area contributed by atoms with Gasteiger partial charge in [0.1, 0.15) is 0 Å². The minimum Gasteiger partial charge on any atom is -0.464 e. The molecule has 0 saturated carbocycles. The maximum Gasteiger partial charge on any atom is 0.323 e. The summed E-state index contributed by atoms with van der Waals surface area (Å²) in [5.74, 6) is 6.02. The first kappa shape index (κ1) is 14.2. The minimum absolute atomic E-state index is 0.223. The molecule has 2 aromatic heterocycles. The fourth-order valence-corrected chi connectivity index (χ4v) is 1.77. The molecule has 108 valence electrons. The number of nitrogens with two attached hydrogens (primary N) is 1. The Morgan fingerprint density at radius 3 is 2.60 bits per heavy atom. The van der Waals surface area contributed by atoms with Gasteiger partial charge in [-0.25, -0.2) is 10.5 Å². The van der Waals surface area contributed by atoms with Crippen LogP contribution in [-0.4, -0.2) is 31.3 Å². The van der Waals surface area contributed by atoms with E-state index in [1.807, 2.05) is 13.0 Å². The summed E-state index contributed by atoms with van der Waals surface area (Å²) in [6.45, 7) is 6.44. The molecule has 3 N–H and O–H groups in total. The van der Waals surface area contributed by atoms with E-state index in [9.17, 15) is 0 Å². The van der Waals surface area contributed by atoms with E-state index >= 15 is 0 Å². The van der Waals surface area contributed by atoms with Crippen LogP contribution < -0.4 is 16.0 Å². The van der Waals surface area contributed by atoms with Crippen molar-refractivity contribution in [1.29, 1.82) is 0 Å². The first-order valence-electron chi connectivity index (χ1n) is 6.65. The molecule has 2 rings (SSSR count). The van der Waals surface area contributed by atoms with Crippen LogP contribution in [0.3, 0.4) is 0 Å². The number of rotatable bonds is 6. The van der Waals surface area contributed by atoms with Gasteiger partial charge in [-0.15, -0.1) is 0 Å². The van der Waals surface area contributed by atoms with Gasteiger partial charge in [0.15, 0.2) is 0 Å². The third-order valence-electron chi connectivity index (χ3n) is 2.75. The second kappa shape index (κ2) is 6.29. The molecule has 0 unspecified atom stereocenters. The lowest BCUT2D eigenvalue weighted by Gasteiger charge is -2.08. The summed E-state index contributed by atoms with van der Waals surface area (Å²) in [4.78, 5) is 12.5. The predicted octanol–water partition coefficient (Wildman–Crippen LogP) is 0.866. The number of nitrogen functional groups attached to an aromatic ring is 1. The van der Waals surface area contributed by atoms with Crippen LogP contribution in [0.5, 0.6) is 6.01 Å². The normalized spacial score (nSPS) is 10.6. The van der Waals surface area contributed by atoms with Crippen molar-refractivity contribution in [3.63, 3.8) is 0 Å². The van der Waals surface area contributed by atoms with E-state index in [0.717, 1.165) is 24.2 Å². The third kappa shape index (κ3) is 2.85. The smallest absolute Gasteiger partial charge is 0.323 e. The van der Waals surface area contributed by atoms with Gasteiger partial charge in [-0.05, 0) is 25.8 Å². The van der Waals surface area contributed by atoms with Crippen molar-refractivity contribution in [1.82, 2.24) is 24.7 Å². The number of nitrogens with one attached hydrogen (secondary N) is 1. The zero-order chi connectivity index (χ0) is 14.5. The van der Waals surface area contributed by atoms with E-state index in [0.29, 0.717) is 12.6 Å². The van der Waals surface area contributed by atoms with E-state index in [2.05, 4.69) is 39.3 Å². The summed E-state index contributed by atoms with van der Waals surface area (Å²) < 4.78 is 7.02. The molecule has 0 bridgehead atoms. The van der Waals surface area contributed by atoms with Crippen LogP contribution in [0.4, 0.5) is 5.95 Å². The maximum absolute atomic E-state index is 5.38. The second-order valence-electron chi connectivity index (χ2n) is 4.06. The van der Waals surface area contributed by atoms with Crippen molar-refractivity contribution in [3.8, 4) is 12.0 Å². The molecule has 2 aromatic rings. The highest BCUT2D eigenvalue weighted by Crippen LogP contribution is 2.14. The fourth-order valence-electron chi connectivity index (χ4n) is 1.77. The molecule has 0 aliphatic heterocycles. The van der Waals surface area contributed by atoms with Crippen molar-refractivity contribution in [2.45, 2.75) is 33.6 Å². The molecule has 0 aromatic carbocycles. The van der Waals surface area contributed by atoms with Crippen molar-refractivity contribution in [2.75, 3.05) is 12.0 Å². The molecule has 0 radical (unpaired) electrons. The van der Waals surface area contributed by atoms with Gasteiger partial charge in [-0.1, -0.05) is 13.8 Å². The molecule has 0 aliphatic carbocycles. The average Bonchev–Trinajstić information content (AvgIpc) is 2.90. The maximum atomic E-state index is 5.38. The Morgan fingerprint density at radius 2 is 2.00 bits per heavy atom. The van der Waals surface area contributed by atoms with E-state index in [1.54, 1.807) is 4.68 Å². The number of aromatic nitrogens is 5. The lowest BCUT2D eigenvalue weighted by molar-refractivity contribution is 0.311. The van der Waals surface area contributed by atoms with Crippen LogP contribution in [0.25, 0.3) is 5.95 Å². The van der Waals surface area contributed by atoms with Crippen molar-refractivity contribution < 1.29 is 4.74 Å². The van der Waals surface area contributed by atoms with Gasteiger partial charge in [0.2, 0.25) is 5.95 Å². The molecule has 0 fully saturated rings. The molecule has 2 heterocycles. The Hall–Kier alpha value is -2.22. The van der Waals surface area contributed by atoms with Crippen LogP contribution in [0.1, 0.15) is 32.2 Å². The fraction of sp³-hybridized carbons (Fsp3) is 0.500. The Bertz CT molecular complexity index is 581. The quantitative estimate of drug-likeness (QED) is 0.596. The first-order valence-corrected chi connectivity index (χ1v) is 6.65. The molecular weight excluding hydrogens is 258 g/mol. The summed E-state index contributed by atoms with van der Waals surface area (Å²) >= 11 is 0. The molecule has 8 heteroatoms. The summed E-state index contributed by atoms with van der Waals surface area (Å²) in [6, 6.07) is 2.26. The Balaban J connectivity index is 2.50. The number of nitrogens with zero attached hydrogens (tertiary/aromatic N) is 5. The largest absolute Gasteiger partial charge is 0.464 e. The predicted molar refractivity (Wildman–Crippen MR) is 74.7 cm³/mol. The van der Waals surface area contributed by atoms with Gasteiger partial charge < -0.3 is 4.74 Å². The van der Waals surface area contributed by atoms with E-state index in [-0.39, 0.29) is 12.0 Å². The SMILES string of the molecule is CCOc1nc(NN)nc(-n2nc(CC)cc2CC)n1. The topological polar surface area (TPSA) is 104 Å². The number of ether oxygens (including phenoxy) is 1. The number of hydrazine groups is 1. The molecule has 0 aliphatic rings. The molecule has 0 amide bonds. The molecular formula is C12H19N7O. The standard InChI is InChI=1S/C12H19N7O/c1-4-8-7-9(5-2)19(18-8)11-14-10(17-13)15-12(16-11)20-6-3/h7H,4-6,13H2,1-3H3,(H,14,15,16,17). The highest BCUT2D eigenvalue weighted by Gasteiger charge is 2.13. The van der Waals surface area contributed by atoms with Gasteiger partial charge in [0.25, 0.3) is 5.95 Å². The van der Waals surface area contributed by atoms with Crippen LogP contribution >= 0.6 is 0 Å². The first-order chi connectivity index (χ1) is 9.71. The third-order valence-corrected chi connectivity index (χ3v) is 2.75. The van der Waals surface area contributed by atoms with Crippen LogP contribution in [-0.2, 0) is 12.8 Å². The lowest BCUT2D eigenvalue weighted by atomic mass is 10.3. The Kier molecular flexibility index (Phi) is 4.46. The molecule has 0 saturated heterocycles. The van der Waals surface area contributed by atoms with Crippen molar-refractivity contribution >= 4 is 5.95 Å². The monoisotopic (exact) mass is 277 g/mol. The number of hydrogen-bond acceptors (Lipinski definition) is 7. The molecule has 20 heavy (non-hydrogen) atoms. The van der Waals surface area contributed by atoms with Crippen molar-refractivity contribution in [3.05, 3.63) is 17.5 Å². The van der Waals surface area contributed by atoms with Gasteiger partial charge in [0, 0.05) is 5.69 Å². The molecule has 0 spiro atoms. The van der Waals surface area contributed by atoms with Crippen LogP contribution in [0.2, 0.25) is 0 Å². The summed E-state index contributed by atoms with van der Waals surface area (Å²) in [7, 11) is 0. The van der Waals surface area contributed by atoms with Crippen LogP contribution in [0.15, 0.2) is 6.07 Å². The summed E-state index contributed by atoms with van der Waals surface area (Å²) in [5.41, 5.74) is 4.43. The highest BCUT2D eigenvalue weighted by atomic mass is 16.5. The van der Waals surface area contributed by atoms with E-state index < -0.39 is 0 Å². The molecule has 0 atom stereocenters.